The maximum atomic E-state index is 13.1. The Morgan fingerprint density at radius 2 is 1.85 bits per heavy atom. The van der Waals surface area contributed by atoms with Gasteiger partial charge in [0.15, 0.2) is 0 Å². The lowest BCUT2D eigenvalue weighted by molar-refractivity contribution is -0.00756. The summed E-state index contributed by atoms with van der Waals surface area (Å²) in [6.07, 6.45) is 1.50. The standard InChI is InChI=1S/C9H16F2N2/c10-9(11)5-7(12)8(6-9)1-3-13-4-2-8/h7,13H,1-6,12H2/t7-/m1/s1. The van der Waals surface area contributed by atoms with Crippen LogP contribution in [0.5, 0.6) is 0 Å². The van der Waals surface area contributed by atoms with Gasteiger partial charge in [0.25, 0.3) is 0 Å². The zero-order valence-electron chi connectivity index (χ0n) is 7.65. The lowest BCUT2D eigenvalue weighted by Gasteiger charge is -2.37. The van der Waals surface area contributed by atoms with Gasteiger partial charge in [-0.05, 0) is 31.3 Å². The molecule has 1 aliphatic carbocycles. The van der Waals surface area contributed by atoms with Gasteiger partial charge in [0, 0.05) is 18.9 Å². The highest BCUT2D eigenvalue weighted by Gasteiger charge is 2.54. The van der Waals surface area contributed by atoms with E-state index >= 15 is 0 Å². The Morgan fingerprint density at radius 1 is 1.23 bits per heavy atom. The van der Waals surface area contributed by atoms with E-state index in [1.807, 2.05) is 0 Å². The molecule has 1 atom stereocenters. The molecule has 13 heavy (non-hydrogen) atoms. The summed E-state index contributed by atoms with van der Waals surface area (Å²) in [5.74, 6) is -2.52. The average molecular weight is 190 g/mol. The molecule has 0 radical (unpaired) electrons. The Balaban J connectivity index is 2.13. The van der Waals surface area contributed by atoms with Crippen molar-refractivity contribution in [3.63, 3.8) is 0 Å². The Hall–Kier alpha value is -0.220. The molecule has 76 valence electrons. The van der Waals surface area contributed by atoms with Crippen LogP contribution in [0, 0.1) is 5.41 Å². The van der Waals surface area contributed by atoms with Gasteiger partial charge in [-0.3, -0.25) is 0 Å². The molecule has 1 saturated heterocycles. The molecule has 0 amide bonds. The van der Waals surface area contributed by atoms with Crippen LogP contribution in [0.4, 0.5) is 8.78 Å². The van der Waals surface area contributed by atoms with Crippen LogP contribution in [-0.2, 0) is 0 Å². The SMILES string of the molecule is N[C@@H]1CC(F)(F)CC12CCNCC2. The first-order valence-corrected chi connectivity index (χ1v) is 4.88. The summed E-state index contributed by atoms with van der Waals surface area (Å²) in [5.41, 5.74) is 5.54. The van der Waals surface area contributed by atoms with Gasteiger partial charge >= 0.3 is 0 Å². The molecule has 2 fully saturated rings. The summed E-state index contributed by atoms with van der Waals surface area (Å²) in [6.45, 7) is 1.67. The highest BCUT2D eigenvalue weighted by Crippen LogP contribution is 2.51. The monoisotopic (exact) mass is 190 g/mol. The number of nitrogens with one attached hydrogen (secondary N) is 1. The van der Waals surface area contributed by atoms with E-state index in [-0.39, 0.29) is 24.3 Å². The van der Waals surface area contributed by atoms with Gasteiger partial charge in [0.05, 0.1) is 0 Å². The second-order valence-electron chi connectivity index (χ2n) is 4.46. The van der Waals surface area contributed by atoms with Crippen molar-refractivity contribution in [3.8, 4) is 0 Å². The van der Waals surface area contributed by atoms with Crippen molar-refractivity contribution in [2.24, 2.45) is 11.1 Å². The fourth-order valence-corrected chi connectivity index (χ4v) is 2.73. The number of nitrogens with two attached hydrogens (primary N) is 1. The molecule has 2 nitrogen and oxygen atoms in total. The minimum atomic E-state index is -2.52. The molecular formula is C9H16F2N2. The van der Waals surface area contributed by atoms with Gasteiger partial charge in [0.2, 0.25) is 5.92 Å². The Morgan fingerprint density at radius 3 is 2.31 bits per heavy atom. The second kappa shape index (κ2) is 2.89. The van der Waals surface area contributed by atoms with Crippen molar-refractivity contribution in [3.05, 3.63) is 0 Å². The third-order valence-electron chi connectivity index (χ3n) is 3.52. The molecule has 0 aromatic rings. The van der Waals surface area contributed by atoms with E-state index in [4.69, 9.17) is 5.73 Å². The summed E-state index contributed by atoms with van der Waals surface area (Å²) in [6, 6.07) is -0.301. The first kappa shape index (κ1) is 9.34. The molecule has 2 rings (SSSR count). The third-order valence-corrected chi connectivity index (χ3v) is 3.52. The van der Waals surface area contributed by atoms with E-state index in [0.717, 1.165) is 25.9 Å². The molecule has 3 N–H and O–H groups in total. The van der Waals surface area contributed by atoms with Crippen molar-refractivity contribution in [2.45, 2.75) is 37.6 Å². The quantitative estimate of drug-likeness (QED) is 0.600. The van der Waals surface area contributed by atoms with Crippen LogP contribution in [0.1, 0.15) is 25.7 Å². The first-order chi connectivity index (χ1) is 6.04. The van der Waals surface area contributed by atoms with E-state index < -0.39 is 5.92 Å². The molecule has 1 heterocycles. The fourth-order valence-electron chi connectivity index (χ4n) is 2.73. The van der Waals surface area contributed by atoms with Crippen molar-refractivity contribution in [2.75, 3.05) is 13.1 Å². The zero-order valence-corrected chi connectivity index (χ0v) is 7.65. The topological polar surface area (TPSA) is 38.0 Å². The predicted molar refractivity (Wildman–Crippen MR) is 46.7 cm³/mol. The number of piperidine rings is 1. The second-order valence-corrected chi connectivity index (χ2v) is 4.46. The number of halogens is 2. The number of hydrogen-bond donors (Lipinski definition) is 2. The van der Waals surface area contributed by atoms with E-state index in [9.17, 15) is 8.78 Å². The van der Waals surface area contributed by atoms with Crippen LogP contribution in [0.3, 0.4) is 0 Å². The van der Waals surface area contributed by atoms with Gasteiger partial charge in [-0.2, -0.15) is 0 Å². The van der Waals surface area contributed by atoms with E-state index in [0.29, 0.717) is 0 Å². The predicted octanol–water partition coefficient (Wildman–Crippen LogP) is 1.11. The fraction of sp³-hybridized carbons (Fsp3) is 1.00. The van der Waals surface area contributed by atoms with Gasteiger partial charge < -0.3 is 11.1 Å². The lowest BCUT2D eigenvalue weighted by atomic mass is 9.75. The van der Waals surface area contributed by atoms with E-state index in [1.165, 1.54) is 0 Å². The average Bonchev–Trinajstić information content (AvgIpc) is 2.23. The molecule has 1 saturated carbocycles. The number of rotatable bonds is 0. The van der Waals surface area contributed by atoms with Crippen molar-refractivity contribution < 1.29 is 8.78 Å². The third kappa shape index (κ3) is 1.57. The first-order valence-electron chi connectivity index (χ1n) is 4.88. The summed E-state index contributed by atoms with van der Waals surface area (Å²) in [5, 5.41) is 3.18. The molecule has 1 aliphatic heterocycles. The molecule has 0 unspecified atom stereocenters. The van der Waals surface area contributed by atoms with Crippen LogP contribution in [-0.4, -0.2) is 25.1 Å². The van der Waals surface area contributed by atoms with E-state index in [2.05, 4.69) is 5.32 Å². The summed E-state index contributed by atoms with van der Waals surface area (Å²) in [4.78, 5) is 0. The van der Waals surface area contributed by atoms with Crippen molar-refractivity contribution in [1.82, 2.24) is 5.32 Å². The minimum Gasteiger partial charge on any atom is -0.327 e. The van der Waals surface area contributed by atoms with Crippen LogP contribution < -0.4 is 11.1 Å². The lowest BCUT2D eigenvalue weighted by Crippen LogP contribution is -2.45. The van der Waals surface area contributed by atoms with Gasteiger partial charge in [-0.1, -0.05) is 0 Å². The molecule has 1 spiro atoms. The smallest absolute Gasteiger partial charge is 0.250 e. The summed E-state index contributed by atoms with van der Waals surface area (Å²) < 4.78 is 26.2. The molecule has 2 aliphatic rings. The Bertz CT molecular complexity index is 200. The van der Waals surface area contributed by atoms with Crippen molar-refractivity contribution >= 4 is 0 Å². The summed E-state index contributed by atoms with van der Waals surface area (Å²) in [7, 11) is 0. The van der Waals surface area contributed by atoms with Crippen LogP contribution in [0.25, 0.3) is 0 Å². The minimum absolute atomic E-state index is 0.00282. The molecule has 0 bridgehead atoms. The maximum Gasteiger partial charge on any atom is 0.250 e. The highest BCUT2D eigenvalue weighted by atomic mass is 19.3. The molecule has 0 aromatic carbocycles. The normalized spacial score (nSPS) is 36.7. The Kier molecular flexibility index (Phi) is 2.07. The molecular weight excluding hydrogens is 174 g/mol. The molecule has 4 heteroatoms. The van der Waals surface area contributed by atoms with Crippen LogP contribution in [0.15, 0.2) is 0 Å². The van der Waals surface area contributed by atoms with Gasteiger partial charge in [-0.25, -0.2) is 8.78 Å². The maximum absolute atomic E-state index is 13.1. The molecule has 0 aromatic heterocycles. The van der Waals surface area contributed by atoms with Crippen LogP contribution >= 0.6 is 0 Å². The highest BCUT2D eigenvalue weighted by molar-refractivity contribution is 5.03. The van der Waals surface area contributed by atoms with Gasteiger partial charge in [0.1, 0.15) is 0 Å². The zero-order chi connectivity index (χ0) is 9.53. The number of alkyl halides is 2. The van der Waals surface area contributed by atoms with E-state index in [1.54, 1.807) is 0 Å². The van der Waals surface area contributed by atoms with Crippen molar-refractivity contribution in [1.29, 1.82) is 0 Å². The number of hydrogen-bond acceptors (Lipinski definition) is 2. The van der Waals surface area contributed by atoms with Crippen LogP contribution in [0.2, 0.25) is 0 Å². The van der Waals surface area contributed by atoms with Gasteiger partial charge in [-0.15, -0.1) is 0 Å². The summed E-state index contributed by atoms with van der Waals surface area (Å²) >= 11 is 0. The largest absolute Gasteiger partial charge is 0.327 e. The Labute approximate surface area is 76.9 Å².